The molecule has 1 rings (SSSR count). The summed E-state index contributed by atoms with van der Waals surface area (Å²) in [4.78, 5) is 11.2. The number of carbonyl (C=O) groups is 1. The second kappa shape index (κ2) is 4.07. The highest BCUT2D eigenvalue weighted by Gasteiger charge is 2.42. The number of carbonyl (C=O) groups excluding carboxylic acids is 1. The first-order valence-corrected chi connectivity index (χ1v) is 4.78. The van der Waals surface area contributed by atoms with Gasteiger partial charge < -0.3 is 16.2 Å². The molecule has 1 aliphatic carbocycles. The summed E-state index contributed by atoms with van der Waals surface area (Å²) in [7, 11) is 0. The van der Waals surface area contributed by atoms with E-state index >= 15 is 0 Å². The lowest BCUT2D eigenvalue weighted by molar-refractivity contribution is -0.122. The average molecular weight is 186 g/mol. The molecular weight excluding hydrogens is 168 g/mol. The van der Waals surface area contributed by atoms with Gasteiger partial charge in [-0.2, -0.15) is 0 Å². The predicted octanol–water partition coefficient (Wildman–Crippen LogP) is -0.388. The van der Waals surface area contributed by atoms with Gasteiger partial charge in [-0.15, -0.1) is 0 Å². The first-order valence-electron chi connectivity index (χ1n) is 4.78. The average Bonchev–Trinajstić information content (AvgIpc) is 2.93. The van der Waals surface area contributed by atoms with Gasteiger partial charge in [-0.05, 0) is 19.3 Å². The van der Waals surface area contributed by atoms with Crippen molar-refractivity contribution in [3.8, 4) is 0 Å². The zero-order valence-corrected chi connectivity index (χ0v) is 8.05. The number of amides is 1. The fourth-order valence-corrected chi connectivity index (χ4v) is 1.16. The molecule has 76 valence electrons. The molecule has 4 nitrogen and oxygen atoms in total. The Balaban J connectivity index is 2.22. The minimum absolute atomic E-state index is 0.0247. The maximum Gasteiger partial charge on any atom is 0.236 e. The molecule has 1 amide bonds. The van der Waals surface area contributed by atoms with Crippen LogP contribution in [0.5, 0.6) is 0 Å². The second-order valence-electron chi connectivity index (χ2n) is 3.89. The molecule has 1 fully saturated rings. The van der Waals surface area contributed by atoms with Crippen LogP contribution in [0.1, 0.15) is 26.2 Å². The van der Waals surface area contributed by atoms with E-state index in [1.165, 1.54) is 0 Å². The standard InChI is InChI=1S/C9H18N2O2/c1-2-7(10)8(13)11-5-9(6-12)3-4-9/h7,12H,2-6,10H2,1H3,(H,11,13)/t7-/m0/s1. The van der Waals surface area contributed by atoms with E-state index in [2.05, 4.69) is 5.32 Å². The third kappa shape index (κ3) is 2.67. The van der Waals surface area contributed by atoms with E-state index in [1.807, 2.05) is 6.92 Å². The van der Waals surface area contributed by atoms with Gasteiger partial charge in [-0.25, -0.2) is 0 Å². The molecule has 1 saturated carbocycles. The summed E-state index contributed by atoms with van der Waals surface area (Å²) in [5, 5.41) is 11.7. The molecule has 0 unspecified atom stereocenters. The van der Waals surface area contributed by atoms with Crippen LogP contribution in [0.4, 0.5) is 0 Å². The fourth-order valence-electron chi connectivity index (χ4n) is 1.16. The Hall–Kier alpha value is -0.610. The molecule has 0 heterocycles. The van der Waals surface area contributed by atoms with Gasteiger partial charge in [0.15, 0.2) is 0 Å². The van der Waals surface area contributed by atoms with Crippen molar-refractivity contribution in [3.63, 3.8) is 0 Å². The van der Waals surface area contributed by atoms with Crippen LogP contribution in [0.3, 0.4) is 0 Å². The van der Waals surface area contributed by atoms with E-state index in [0.717, 1.165) is 12.8 Å². The zero-order valence-electron chi connectivity index (χ0n) is 8.05. The minimum Gasteiger partial charge on any atom is -0.396 e. The number of hydrogen-bond donors (Lipinski definition) is 3. The molecule has 0 radical (unpaired) electrons. The number of nitrogens with two attached hydrogens (primary N) is 1. The van der Waals surface area contributed by atoms with Gasteiger partial charge in [0.25, 0.3) is 0 Å². The van der Waals surface area contributed by atoms with Crippen LogP contribution in [-0.2, 0) is 4.79 Å². The van der Waals surface area contributed by atoms with Gasteiger partial charge in [-0.1, -0.05) is 6.92 Å². The normalized spacial score (nSPS) is 20.8. The molecule has 0 aromatic rings. The lowest BCUT2D eigenvalue weighted by atomic mass is 10.1. The Morgan fingerprint density at radius 2 is 2.31 bits per heavy atom. The Kier molecular flexibility index (Phi) is 3.27. The minimum atomic E-state index is -0.408. The first kappa shape index (κ1) is 10.5. The SMILES string of the molecule is CC[C@H](N)C(=O)NCC1(CO)CC1. The Morgan fingerprint density at radius 3 is 2.69 bits per heavy atom. The predicted molar refractivity (Wildman–Crippen MR) is 50.0 cm³/mol. The van der Waals surface area contributed by atoms with Crippen LogP contribution in [0.25, 0.3) is 0 Å². The van der Waals surface area contributed by atoms with Crippen LogP contribution in [0.2, 0.25) is 0 Å². The summed E-state index contributed by atoms with van der Waals surface area (Å²) in [5.41, 5.74) is 5.51. The molecule has 4 heteroatoms. The van der Waals surface area contributed by atoms with Crippen molar-refractivity contribution in [1.29, 1.82) is 0 Å². The third-order valence-corrected chi connectivity index (χ3v) is 2.71. The molecule has 0 aromatic carbocycles. The maximum absolute atomic E-state index is 11.2. The van der Waals surface area contributed by atoms with Gasteiger partial charge in [0, 0.05) is 12.0 Å². The Morgan fingerprint density at radius 1 is 1.69 bits per heavy atom. The van der Waals surface area contributed by atoms with Gasteiger partial charge in [0.1, 0.15) is 0 Å². The quantitative estimate of drug-likeness (QED) is 0.547. The number of rotatable bonds is 5. The molecule has 0 spiro atoms. The number of hydrogen-bond acceptors (Lipinski definition) is 3. The summed E-state index contributed by atoms with van der Waals surface area (Å²) >= 11 is 0. The van der Waals surface area contributed by atoms with Crippen molar-refractivity contribution in [2.75, 3.05) is 13.2 Å². The Bertz CT molecular complexity index is 190. The number of aliphatic hydroxyl groups is 1. The zero-order chi connectivity index (χ0) is 9.90. The monoisotopic (exact) mass is 186 g/mol. The second-order valence-corrected chi connectivity index (χ2v) is 3.89. The van der Waals surface area contributed by atoms with Gasteiger partial charge in [-0.3, -0.25) is 4.79 Å². The van der Waals surface area contributed by atoms with Gasteiger partial charge in [0.2, 0.25) is 5.91 Å². The maximum atomic E-state index is 11.2. The lowest BCUT2D eigenvalue weighted by Crippen LogP contribution is -2.42. The summed E-state index contributed by atoms with van der Waals surface area (Å²) in [6, 6.07) is -0.408. The summed E-state index contributed by atoms with van der Waals surface area (Å²) < 4.78 is 0. The van der Waals surface area contributed by atoms with Crippen molar-refractivity contribution in [1.82, 2.24) is 5.32 Å². The largest absolute Gasteiger partial charge is 0.396 e. The summed E-state index contributed by atoms with van der Waals surface area (Å²) in [6.45, 7) is 2.61. The molecule has 0 aromatic heterocycles. The first-order chi connectivity index (χ1) is 6.13. The van der Waals surface area contributed by atoms with E-state index in [-0.39, 0.29) is 17.9 Å². The topological polar surface area (TPSA) is 75.4 Å². The molecule has 1 aliphatic rings. The van der Waals surface area contributed by atoms with Crippen molar-refractivity contribution >= 4 is 5.91 Å². The summed E-state index contributed by atoms with van der Waals surface area (Å²) in [6.07, 6.45) is 2.66. The van der Waals surface area contributed by atoms with Crippen LogP contribution in [-0.4, -0.2) is 30.2 Å². The Labute approximate surface area is 78.5 Å². The highest BCUT2D eigenvalue weighted by atomic mass is 16.3. The van der Waals surface area contributed by atoms with Crippen molar-refractivity contribution in [2.45, 2.75) is 32.2 Å². The van der Waals surface area contributed by atoms with E-state index in [0.29, 0.717) is 13.0 Å². The fraction of sp³-hybridized carbons (Fsp3) is 0.889. The van der Waals surface area contributed by atoms with Crippen LogP contribution < -0.4 is 11.1 Å². The number of aliphatic hydroxyl groups excluding tert-OH is 1. The molecule has 4 N–H and O–H groups in total. The van der Waals surface area contributed by atoms with E-state index in [4.69, 9.17) is 10.8 Å². The molecule has 0 saturated heterocycles. The van der Waals surface area contributed by atoms with Crippen LogP contribution in [0, 0.1) is 5.41 Å². The van der Waals surface area contributed by atoms with E-state index in [9.17, 15) is 4.79 Å². The smallest absolute Gasteiger partial charge is 0.236 e. The van der Waals surface area contributed by atoms with Gasteiger partial charge >= 0.3 is 0 Å². The molecular formula is C9H18N2O2. The van der Waals surface area contributed by atoms with Gasteiger partial charge in [0.05, 0.1) is 12.6 Å². The van der Waals surface area contributed by atoms with Crippen LogP contribution in [0.15, 0.2) is 0 Å². The van der Waals surface area contributed by atoms with Crippen molar-refractivity contribution < 1.29 is 9.90 Å². The highest BCUT2D eigenvalue weighted by molar-refractivity contribution is 5.81. The summed E-state index contributed by atoms with van der Waals surface area (Å²) in [5.74, 6) is -0.109. The van der Waals surface area contributed by atoms with Crippen molar-refractivity contribution in [2.24, 2.45) is 11.1 Å². The highest BCUT2D eigenvalue weighted by Crippen LogP contribution is 2.44. The van der Waals surface area contributed by atoms with E-state index in [1.54, 1.807) is 0 Å². The van der Waals surface area contributed by atoms with Crippen molar-refractivity contribution in [3.05, 3.63) is 0 Å². The molecule has 0 aliphatic heterocycles. The molecule has 13 heavy (non-hydrogen) atoms. The third-order valence-electron chi connectivity index (χ3n) is 2.71. The molecule has 1 atom stereocenters. The van der Waals surface area contributed by atoms with E-state index < -0.39 is 6.04 Å². The molecule has 0 bridgehead atoms. The lowest BCUT2D eigenvalue weighted by Gasteiger charge is -2.15. The van der Waals surface area contributed by atoms with Crippen LogP contribution >= 0.6 is 0 Å². The number of nitrogens with one attached hydrogen (secondary N) is 1.